The van der Waals surface area contributed by atoms with E-state index in [1.54, 1.807) is 29.2 Å². The quantitative estimate of drug-likeness (QED) is 0.208. The third-order valence-corrected chi connectivity index (χ3v) is 7.17. The average Bonchev–Trinajstić information content (AvgIpc) is 3.65. The van der Waals surface area contributed by atoms with E-state index in [1.807, 2.05) is 6.92 Å². The molecule has 3 aromatic heterocycles. The van der Waals surface area contributed by atoms with Crippen LogP contribution in [-0.4, -0.2) is 78.1 Å². The average molecular weight is 641 g/mol. The molecule has 1 aromatic carbocycles. The minimum Gasteiger partial charge on any atom is -0.483 e. The second-order valence-electron chi connectivity index (χ2n) is 10.2. The summed E-state index contributed by atoms with van der Waals surface area (Å²) in [6, 6.07) is 6.80. The first kappa shape index (κ1) is 33.4. The maximum atomic E-state index is 13.7. The fourth-order valence-electron chi connectivity index (χ4n) is 5.10. The second-order valence-corrected chi connectivity index (χ2v) is 10.2. The smallest absolute Gasteiger partial charge is 0.435 e. The molecule has 0 saturated carbocycles. The Bertz CT molecular complexity index is 1760. The topological polar surface area (TPSA) is 197 Å². The van der Waals surface area contributed by atoms with E-state index in [4.69, 9.17) is 20.9 Å². The fourth-order valence-corrected chi connectivity index (χ4v) is 5.10. The number of nitrogens with two attached hydrogens (primary N) is 1. The van der Waals surface area contributed by atoms with Crippen molar-refractivity contribution in [2.24, 2.45) is 5.73 Å². The number of aromatic nitrogens is 5. The molecule has 0 aliphatic carbocycles. The summed E-state index contributed by atoms with van der Waals surface area (Å²) in [5.74, 6) is -0.289. The van der Waals surface area contributed by atoms with Gasteiger partial charge in [0, 0.05) is 49.0 Å². The van der Waals surface area contributed by atoms with Crippen LogP contribution in [0.15, 0.2) is 43.0 Å². The number of hydrogen-bond acceptors (Lipinski definition) is 9. The first-order chi connectivity index (χ1) is 22.0. The van der Waals surface area contributed by atoms with Crippen LogP contribution in [0, 0.1) is 11.3 Å². The van der Waals surface area contributed by atoms with Gasteiger partial charge in [0.1, 0.15) is 6.54 Å². The lowest BCUT2D eigenvalue weighted by atomic mass is 10.0. The lowest BCUT2D eigenvalue weighted by Gasteiger charge is -2.30. The van der Waals surface area contributed by atoms with Gasteiger partial charge in [-0.1, -0.05) is 6.92 Å². The van der Waals surface area contributed by atoms with Crippen molar-refractivity contribution < 1.29 is 32.7 Å². The Balaban J connectivity index is 0.00000154. The van der Waals surface area contributed by atoms with Crippen LogP contribution in [0.1, 0.15) is 41.4 Å². The Hall–Kier alpha value is -5.50. The highest BCUT2D eigenvalue weighted by Gasteiger charge is 2.38. The zero-order chi connectivity index (χ0) is 33.4. The number of imidazole rings is 1. The van der Waals surface area contributed by atoms with Gasteiger partial charge in [0.25, 0.3) is 12.4 Å². The van der Waals surface area contributed by atoms with Gasteiger partial charge in [0.2, 0.25) is 5.91 Å². The summed E-state index contributed by atoms with van der Waals surface area (Å²) in [5.41, 5.74) is 6.70. The number of hydrogen-bond donors (Lipinski definition) is 4. The third kappa shape index (κ3) is 7.58. The monoisotopic (exact) mass is 640 g/mol. The van der Waals surface area contributed by atoms with Crippen molar-refractivity contribution in [1.29, 1.82) is 5.26 Å². The first-order valence-corrected chi connectivity index (χ1v) is 14.1. The van der Waals surface area contributed by atoms with Crippen molar-refractivity contribution in [3.8, 4) is 17.3 Å². The summed E-state index contributed by atoms with van der Waals surface area (Å²) in [6.07, 6.45) is 2.83. The molecule has 1 aliphatic heterocycles. The standard InChI is InChI=1S/C28H29F3N10O2.CH2O2/c1-2-17-12-19(5-6-20(17)27(43)36-14-23(42)39-9-3-4-18(33)15-39)37-25-26-35-13-22(41(26)11-8-34-25)21-16-40(10-7-32)38-24(21)28(29,30)31;2-1-3/h5-6,8,11-13,16,18H,2-4,9-10,14-15,33H2,1H3,(H,34,37)(H,36,43);1H,(H,2,3). The van der Waals surface area contributed by atoms with Crippen LogP contribution < -0.4 is 16.4 Å². The molecule has 242 valence electrons. The van der Waals surface area contributed by atoms with Gasteiger partial charge in [0.05, 0.1) is 30.1 Å². The van der Waals surface area contributed by atoms with E-state index in [0.717, 1.165) is 23.7 Å². The molecule has 0 radical (unpaired) electrons. The molecule has 17 heteroatoms. The predicted octanol–water partition coefficient (Wildman–Crippen LogP) is 2.82. The SMILES string of the molecule is CCc1cc(Nc2nccn3c(-c4cn(CC#N)nc4C(F)(F)F)cnc23)ccc1C(=O)NCC(=O)N1CCCC(N)C1.O=CO. The molecule has 4 heterocycles. The van der Waals surface area contributed by atoms with Crippen molar-refractivity contribution in [2.45, 2.75) is 44.9 Å². The molecule has 1 unspecified atom stereocenters. The number of aryl methyl sites for hydroxylation is 1. The number of fused-ring (bicyclic) bond motifs is 1. The molecule has 14 nitrogen and oxygen atoms in total. The number of piperidine rings is 1. The van der Waals surface area contributed by atoms with Gasteiger partial charge in [-0.25, -0.2) is 9.97 Å². The number of benzene rings is 1. The maximum absolute atomic E-state index is 13.7. The van der Waals surface area contributed by atoms with Crippen molar-refractivity contribution in [3.63, 3.8) is 0 Å². The largest absolute Gasteiger partial charge is 0.483 e. The van der Waals surface area contributed by atoms with Gasteiger partial charge in [-0.05, 0) is 43.0 Å². The van der Waals surface area contributed by atoms with E-state index in [9.17, 15) is 22.8 Å². The number of anilines is 2. The summed E-state index contributed by atoms with van der Waals surface area (Å²) in [6.45, 7) is 2.26. The number of carbonyl (C=O) groups excluding carboxylic acids is 2. The third-order valence-electron chi connectivity index (χ3n) is 7.17. The van der Waals surface area contributed by atoms with E-state index >= 15 is 0 Å². The van der Waals surface area contributed by atoms with Crippen molar-refractivity contribution in [1.82, 2.24) is 34.4 Å². The molecule has 2 amide bonds. The van der Waals surface area contributed by atoms with E-state index in [-0.39, 0.29) is 60.1 Å². The van der Waals surface area contributed by atoms with Crippen LogP contribution in [-0.2, 0) is 28.7 Å². The molecule has 0 spiro atoms. The second kappa shape index (κ2) is 14.5. The van der Waals surface area contributed by atoms with Gasteiger partial charge >= 0.3 is 6.18 Å². The van der Waals surface area contributed by atoms with Gasteiger partial charge in [-0.2, -0.15) is 23.5 Å². The normalized spacial score (nSPS) is 14.6. The summed E-state index contributed by atoms with van der Waals surface area (Å²) < 4.78 is 43.6. The maximum Gasteiger partial charge on any atom is 0.435 e. The van der Waals surface area contributed by atoms with E-state index < -0.39 is 11.9 Å². The molecular formula is C29H31F3N10O4. The van der Waals surface area contributed by atoms with Gasteiger partial charge in [0.15, 0.2) is 17.2 Å². The molecule has 46 heavy (non-hydrogen) atoms. The number of carbonyl (C=O) groups is 3. The summed E-state index contributed by atoms with van der Waals surface area (Å²) in [5, 5.41) is 25.2. The highest BCUT2D eigenvalue weighted by atomic mass is 19.4. The lowest BCUT2D eigenvalue weighted by molar-refractivity contribution is -0.141. The zero-order valence-electron chi connectivity index (χ0n) is 24.7. The fraction of sp³-hybridized carbons (Fsp3) is 0.345. The Morgan fingerprint density at radius 2 is 2.04 bits per heavy atom. The Labute approximate surface area is 260 Å². The van der Waals surface area contributed by atoms with E-state index in [1.165, 1.54) is 23.0 Å². The number of amides is 2. The minimum atomic E-state index is -4.74. The summed E-state index contributed by atoms with van der Waals surface area (Å²) in [4.78, 5) is 44.1. The van der Waals surface area contributed by atoms with Crippen LogP contribution >= 0.6 is 0 Å². The number of likely N-dealkylation sites (tertiary alicyclic amines) is 1. The summed E-state index contributed by atoms with van der Waals surface area (Å²) in [7, 11) is 0. The van der Waals surface area contributed by atoms with Crippen molar-refractivity contribution in [2.75, 3.05) is 25.0 Å². The highest BCUT2D eigenvalue weighted by Crippen LogP contribution is 2.37. The Morgan fingerprint density at radius 1 is 1.28 bits per heavy atom. The zero-order valence-corrected chi connectivity index (χ0v) is 24.7. The van der Waals surface area contributed by atoms with Crippen LogP contribution in [0.4, 0.5) is 24.7 Å². The van der Waals surface area contributed by atoms with Crippen LogP contribution in [0.2, 0.25) is 0 Å². The molecule has 1 fully saturated rings. The lowest BCUT2D eigenvalue weighted by Crippen LogP contribution is -2.49. The number of carboxylic acid groups (broad SMARTS) is 1. The molecule has 1 saturated heterocycles. The van der Waals surface area contributed by atoms with Gasteiger partial charge in [-0.15, -0.1) is 0 Å². The van der Waals surface area contributed by atoms with Gasteiger partial charge in [-0.3, -0.25) is 23.5 Å². The predicted molar refractivity (Wildman–Crippen MR) is 159 cm³/mol. The number of alkyl halides is 3. The molecule has 5 N–H and O–H groups in total. The molecule has 1 atom stereocenters. The first-order valence-electron chi connectivity index (χ1n) is 14.1. The van der Waals surface area contributed by atoms with Crippen molar-refractivity contribution in [3.05, 3.63) is 59.8 Å². The Kier molecular flexibility index (Phi) is 10.5. The van der Waals surface area contributed by atoms with E-state index in [2.05, 4.69) is 25.7 Å². The van der Waals surface area contributed by atoms with Crippen LogP contribution in [0.25, 0.3) is 16.9 Å². The van der Waals surface area contributed by atoms with Crippen LogP contribution in [0.5, 0.6) is 0 Å². The Morgan fingerprint density at radius 3 is 2.72 bits per heavy atom. The molecule has 4 aromatic rings. The number of nitriles is 1. The molecule has 1 aliphatic rings. The van der Waals surface area contributed by atoms with E-state index in [0.29, 0.717) is 36.3 Å². The molecule has 5 rings (SSSR count). The van der Waals surface area contributed by atoms with Crippen molar-refractivity contribution >= 4 is 35.4 Å². The molecule has 0 bridgehead atoms. The summed E-state index contributed by atoms with van der Waals surface area (Å²) >= 11 is 0. The number of nitrogens with zero attached hydrogens (tertiary/aromatic N) is 7. The number of nitrogens with one attached hydrogen (secondary N) is 2. The van der Waals surface area contributed by atoms with Gasteiger partial charge < -0.3 is 26.4 Å². The van der Waals surface area contributed by atoms with Crippen LogP contribution in [0.3, 0.4) is 0 Å². The number of rotatable bonds is 8. The molecular weight excluding hydrogens is 609 g/mol. The number of halogens is 3. The minimum absolute atomic E-state index is 0.0557. The highest BCUT2D eigenvalue weighted by molar-refractivity contribution is 5.98.